The van der Waals surface area contributed by atoms with Crippen molar-refractivity contribution in [3.05, 3.63) is 125 Å². The predicted molar refractivity (Wildman–Crippen MR) is 525 cm³/mol. The maximum atomic E-state index is 18.1. The number of Topliss-reactive ketones (excluding diaryl/α,β-unsaturated/α-hetero) is 2. The molecule has 0 spiro atoms. The fourth-order valence-corrected chi connectivity index (χ4v) is 20.5. The number of alkyl halides is 2. The number of hydrogen-bond acceptors (Lipinski definition) is 29. The summed E-state index contributed by atoms with van der Waals surface area (Å²) in [6, 6.07) is 19.3. The standard InChI is InChI=1S/C103H152F2N14O23/c1-11-21-93-141-87-63-76-77-62-79(104)78-61-72(120)35-38-100(78,5)102(77,105)85(122)64-101(76,6)103(87,142-93)86(123)66-139-73-31-29-71(30-32-73)111-98(129)69(4)60-83(121)94(68(2)3)113-99(130)80(25-19-20-39-108-91(127)67-140-84-28-14-12-13-27-82-97(84)115-116-118(82)42-47-134-51-55-138-59-57-135-52-48-131-44-36-89(125)109-40-43-119(8,9)10)112-90(126)37-45-132-49-53-136-56-58-137-54-50-133-46-41-110-88(124)33-34-92(128)117-65-70-22-15-16-23-74(70)95(107-7)96(114-106)75-24-17-18-26-81(75)117/h15-18,22-24,26,29-32,35,38,61,68-69,76-77,79-80,84-85,87,93-94,107,114-116,122H,11-14,19-21,25,27-28,33-34,36-37,39-60,62-67,106H2,1-10H3,(H5-,108,109,110,111,112,113,124,125,126,127,129,130)/p+1/b96-95-/t69-,76+,77+,79+,80-,84?,85+,87-,93?,94+,100+,101+,102+,103-/m1/s1. The minimum Gasteiger partial charge on any atom is -0.486 e. The number of carbonyl (C=O) groups is 10. The highest BCUT2D eigenvalue weighted by atomic mass is 19.1. The van der Waals surface area contributed by atoms with Crippen LogP contribution in [0.15, 0.2) is 108 Å². The maximum absolute atomic E-state index is 18.1. The summed E-state index contributed by atoms with van der Waals surface area (Å²) in [6.45, 7) is 17.1. The number of allylic oxidation sites excluding steroid dienone is 5. The molecule has 8 aliphatic rings. The number of nitrogens with two attached hydrogens (primary N) is 1. The highest BCUT2D eigenvalue weighted by molar-refractivity contribution is 6.03. The number of nitrogens with zero attached hydrogens (tertiary/aromatic N) is 3. The summed E-state index contributed by atoms with van der Waals surface area (Å²) in [6.07, 6.45) is 4.23. The second-order valence-electron chi connectivity index (χ2n) is 39.3. The summed E-state index contributed by atoms with van der Waals surface area (Å²) in [4.78, 5) is 138. The van der Waals surface area contributed by atoms with Crippen LogP contribution < -0.4 is 69.1 Å². The molecule has 14 atom stereocenters. The number of aliphatic hydroxyl groups excluding tert-OH is 1. The number of hydrazine groups is 3. The first-order chi connectivity index (χ1) is 68.3. The van der Waals surface area contributed by atoms with Gasteiger partial charge in [-0.05, 0) is 137 Å². The van der Waals surface area contributed by atoms with Crippen LogP contribution in [0.5, 0.6) is 5.75 Å². The molecule has 3 heterocycles. The number of para-hydroxylation sites is 1. The molecule has 11 rings (SSSR count). The minimum atomic E-state index is -2.38. The van der Waals surface area contributed by atoms with Crippen LogP contribution in [-0.4, -0.2) is 307 Å². The van der Waals surface area contributed by atoms with Crippen molar-refractivity contribution >= 4 is 81.5 Å². The van der Waals surface area contributed by atoms with Gasteiger partial charge in [0.05, 0.1) is 200 Å². The van der Waals surface area contributed by atoms with Crippen LogP contribution in [0.25, 0.3) is 11.4 Å². The van der Waals surface area contributed by atoms with E-state index in [2.05, 4.69) is 74.7 Å². The Morgan fingerprint density at radius 3 is 1.96 bits per heavy atom. The van der Waals surface area contributed by atoms with Gasteiger partial charge in [-0.1, -0.05) is 102 Å². The highest BCUT2D eigenvalue weighted by Crippen LogP contribution is 2.72. The van der Waals surface area contributed by atoms with Crippen molar-refractivity contribution in [3.8, 4) is 5.75 Å². The average molecular weight is 1990 g/mol. The normalized spacial score (nSPS) is 24.5. The van der Waals surface area contributed by atoms with Gasteiger partial charge in [0.25, 0.3) is 0 Å². The molecule has 3 aromatic rings. The predicted octanol–water partition coefficient (Wildman–Crippen LogP) is 6.86. The van der Waals surface area contributed by atoms with Crippen molar-refractivity contribution in [2.75, 3.05) is 190 Å². The van der Waals surface area contributed by atoms with Gasteiger partial charge in [-0.25, -0.2) is 8.78 Å². The Morgan fingerprint density at radius 2 is 1.30 bits per heavy atom. The zero-order valence-corrected chi connectivity index (χ0v) is 84.3. The molecule has 3 aliphatic heterocycles. The second kappa shape index (κ2) is 54.9. The van der Waals surface area contributed by atoms with E-state index >= 15 is 13.6 Å². The van der Waals surface area contributed by atoms with Crippen LogP contribution in [-0.2, 0) is 107 Å². The number of carbonyl (C=O) groups excluding carboxylic acids is 10. The SMILES string of the molecule is CCCC1O[C@@H]2C[C@H]3[C@@H]4C[C@H](F)C5=CC(=O)C=C[C@]5(C)[C@@]4(F)[C@@H](O)C[C@]3(C)[C@]2(C(=O)COc2ccc(NC(=O)[C@H](C)CC(=O)[C@@H](NC(=O)[C@@H](CCCCNC(=O)COC3CCCCCC4=C3NNN4CCOCCOCCOCCOCCC(=O)NCC[N+](C)(C)C)NC(=O)CCOCCOCCOCCOCCNC(=O)CCC(=O)N3Cc4ccccc4/C(NC)=C(/NN)c4ccccc43)C(C)C)cc2)O1. The van der Waals surface area contributed by atoms with E-state index in [1.54, 1.807) is 56.9 Å². The van der Waals surface area contributed by atoms with Gasteiger partial charge in [0.1, 0.15) is 37.3 Å². The molecule has 786 valence electrons. The molecule has 1 saturated heterocycles. The number of benzene rings is 3. The summed E-state index contributed by atoms with van der Waals surface area (Å²) in [5.74, 6) is -0.664. The largest absolute Gasteiger partial charge is 0.486 e. The molecule has 3 aromatic carbocycles. The number of amides is 7. The number of nitrogens with one attached hydrogen (secondary N) is 10. The fourth-order valence-electron chi connectivity index (χ4n) is 20.5. The smallest absolute Gasteiger partial charge is 0.246 e. The Kier molecular flexibility index (Phi) is 43.5. The molecule has 37 nitrogen and oxygen atoms in total. The molecule has 4 fully saturated rings. The van der Waals surface area contributed by atoms with Crippen LogP contribution in [0.1, 0.15) is 174 Å². The molecule has 0 aromatic heterocycles. The number of likely N-dealkylation sites (N-methyl/N-ethyl adjacent to an activating group) is 1. The van der Waals surface area contributed by atoms with Crippen LogP contribution in [0.4, 0.5) is 20.2 Å². The Bertz CT molecular complexity index is 4830. The number of ketones is 3. The number of hydrogen-bond donors (Lipinski definition) is 12. The Labute approximate surface area is 832 Å². The van der Waals surface area contributed by atoms with Crippen molar-refractivity contribution in [1.29, 1.82) is 0 Å². The summed E-state index contributed by atoms with van der Waals surface area (Å²) in [5.41, 5.74) is 9.32. The Hall–Kier alpha value is -9.82. The summed E-state index contributed by atoms with van der Waals surface area (Å²) < 4.78 is 106. The Morgan fingerprint density at radius 1 is 0.676 bits per heavy atom. The van der Waals surface area contributed by atoms with E-state index < -0.39 is 124 Å². The number of quaternary nitrogens is 1. The molecule has 2 unspecified atom stereocenters. The van der Waals surface area contributed by atoms with Gasteiger partial charge in [0.15, 0.2) is 29.1 Å². The van der Waals surface area contributed by atoms with E-state index in [-0.39, 0.29) is 165 Å². The molecule has 13 N–H and O–H groups in total. The van der Waals surface area contributed by atoms with Crippen molar-refractivity contribution in [2.24, 2.45) is 40.3 Å². The first kappa shape index (κ1) is 113. The number of ether oxygens (including phenoxy) is 12. The van der Waals surface area contributed by atoms with Crippen LogP contribution in [0.3, 0.4) is 0 Å². The van der Waals surface area contributed by atoms with Gasteiger partial charge < -0.3 is 119 Å². The van der Waals surface area contributed by atoms with E-state index in [1.165, 1.54) is 19.1 Å². The lowest BCUT2D eigenvalue weighted by Crippen LogP contribution is -2.71. The average Bonchev–Trinajstić information content (AvgIpc) is 1.52. The fraction of sp³-hybridized carbons (Fsp3) is 0.650. The molecule has 5 aliphatic carbocycles. The number of rotatable bonds is 61. The molecular weight excluding hydrogens is 1840 g/mol. The second-order valence-corrected chi connectivity index (χ2v) is 39.3. The topological polar surface area (TPSA) is 454 Å². The summed E-state index contributed by atoms with van der Waals surface area (Å²) in [7, 11) is 8.04. The summed E-state index contributed by atoms with van der Waals surface area (Å²) >= 11 is 0. The third-order valence-corrected chi connectivity index (χ3v) is 28.0. The molecule has 3 saturated carbocycles. The lowest BCUT2D eigenvalue weighted by Gasteiger charge is -2.63. The van der Waals surface area contributed by atoms with E-state index in [1.807, 2.05) is 67.5 Å². The molecule has 0 bridgehead atoms. The number of fused-ring (bicyclic) bond motifs is 9. The van der Waals surface area contributed by atoms with Gasteiger partial charge in [0, 0.05) is 91.7 Å². The van der Waals surface area contributed by atoms with Gasteiger partial charge in [-0.2, -0.15) is 0 Å². The summed E-state index contributed by atoms with van der Waals surface area (Å²) in [5, 5.41) is 34.6. The van der Waals surface area contributed by atoms with E-state index in [0.29, 0.717) is 128 Å². The molecule has 142 heavy (non-hydrogen) atoms. The molecular formula is C103H153F2N14O23+. The van der Waals surface area contributed by atoms with Crippen LogP contribution in [0.2, 0.25) is 0 Å². The molecule has 0 radical (unpaired) electrons. The van der Waals surface area contributed by atoms with Crippen LogP contribution >= 0.6 is 0 Å². The highest BCUT2D eigenvalue weighted by Gasteiger charge is 2.80. The van der Waals surface area contributed by atoms with Crippen LogP contribution in [0, 0.1) is 34.5 Å². The first-order valence-electron chi connectivity index (χ1n) is 50.5. The van der Waals surface area contributed by atoms with Gasteiger partial charge >= 0.3 is 0 Å². The molecule has 7 amide bonds. The Balaban J connectivity index is 0.602. The van der Waals surface area contributed by atoms with E-state index in [0.717, 1.165) is 76.6 Å². The van der Waals surface area contributed by atoms with E-state index in [9.17, 15) is 48.3 Å². The van der Waals surface area contributed by atoms with Crippen molar-refractivity contribution < 1.29 is 123 Å². The number of anilines is 2. The van der Waals surface area contributed by atoms with Crippen molar-refractivity contribution in [1.82, 2.24) is 53.3 Å². The quantitative estimate of drug-likeness (QED) is 0.0119. The van der Waals surface area contributed by atoms with Crippen molar-refractivity contribution in [3.63, 3.8) is 0 Å². The van der Waals surface area contributed by atoms with E-state index in [4.69, 9.17) is 62.7 Å². The number of unbranched alkanes of at least 4 members (excludes halogenated alkanes) is 1. The monoisotopic (exact) mass is 1990 g/mol. The number of aliphatic hydroxyl groups is 1. The minimum absolute atomic E-state index is 0.00605. The number of halogens is 2. The van der Waals surface area contributed by atoms with Crippen molar-refractivity contribution in [2.45, 2.75) is 218 Å². The molecule has 39 heteroatoms. The maximum Gasteiger partial charge on any atom is 0.246 e. The zero-order valence-electron chi connectivity index (χ0n) is 84.3. The van der Waals surface area contributed by atoms with Gasteiger partial charge in [0.2, 0.25) is 47.1 Å². The third-order valence-electron chi connectivity index (χ3n) is 28.0. The first-order valence-corrected chi connectivity index (χ1v) is 50.5. The van der Waals surface area contributed by atoms with Gasteiger partial charge in [-0.3, -0.25) is 58.8 Å². The lowest BCUT2D eigenvalue weighted by atomic mass is 9.44. The van der Waals surface area contributed by atoms with Gasteiger partial charge in [-0.15, -0.1) is 5.53 Å². The zero-order chi connectivity index (χ0) is 102. The third kappa shape index (κ3) is 30.0. The lowest BCUT2D eigenvalue weighted by molar-refractivity contribution is -0.869.